The molecule has 4 aromatic rings. The van der Waals surface area contributed by atoms with E-state index >= 15 is 0 Å². The number of aromatic amines is 1. The topological polar surface area (TPSA) is 132 Å². The van der Waals surface area contributed by atoms with Crippen LogP contribution < -0.4 is 0 Å². The fourth-order valence-electron chi connectivity index (χ4n) is 3.87. The number of nitrogens with one attached hydrogen (secondary N) is 1. The lowest BCUT2D eigenvalue weighted by atomic mass is 10.1. The molecule has 1 amide bonds. The van der Waals surface area contributed by atoms with Gasteiger partial charge >= 0.3 is 5.97 Å². The summed E-state index contributed by atoms with van der Waals surface area (Å²) in [5.74, 6) is -0.854. The molecule has 0 spiro atoms. The lowest BCUT2D eigenvalue weighted by Gasteiger charge is -2.13. The number of rotatable bonds is 6. The molecule has 33 heavy (non-hydrogen) atoms. The average Bonchev–Trinajstić information content (AvgIpc) is 3.63. The van der Waals surface area contributed by atoms with Crippen LogP contribution in [0.3, 0.4) is 0 Å². The minimum Gasteiger partial charge on any atom is -0.463 e. The molecule has 1 aliphatic heterocycles. The predicted octanol–water partition coefficient (Wildman–Crippen LogP) is 3.40. The number of likely N-dealkylation sites (tertiary alicyclic amines) is 1. The van der Waals surface area contributed by atoms with Gasteiger partial charge in [0.15, 0.2) is 12.4 Å². The van der Waals surface area contributed by atoms with Gasteiger partial charge in [-0.25, -0.2) is 9.78 Å². The molecule has 0 aromatic carbocycles. The summed E-state index contributed by atoms with van der Waals surface area (Å²) in [4.78, 5) is 46.9. The van der Waals surface area contributed by atoms with Gasteiger partial charge in [-0.2, -0.15) is 0 Å². The highest BCUT2D eigenvalue weighted by molar-refractivity contribution is 6.06. The molecule has 168 valence electrons. The number of hydrogen-bond acceptors (Lipinski definition) is 8. The number of H-pyrrole nitrogens is 1. The number of carbonyl (C=O) groups excluding carboxylic acids is 3. The third-order valence-electron chi connectivity index (χ3n) is 5.57. The molecule has 10 heteroatoms. The summed E-state index contributed by atoms with van der Waals surface area (Å²) >= 11 is 0. The molecule has 5 heterocycles. The highest BCUT2D eigenvalue weighted by Crippen LogP contribution is 2.28. The number of Topliss-reactive ketones (excluding diaryl/α,β-unsaturated/α-hetero) is 1. The minimum absolute atomic E-state index is 0.142. The van der Waals surface area contributed by atoms with Crippen molar-refractivity contribution in [3.05, 3.63) is 59.2 Å². The zero-order valence-electron chi connectivity index (χ0n) is 17.8. The first-order chi connectivity index (χ1) is 16.0. The Morgan fingerprint density at radius 3 is 2.79 bits per heavy atom. The molecule has 0 unspecified atom stereocenters. The Balaban J connectivity index is 1.33. The van der Waals surface area contributed by atoms with Crippen LogP contribution in [-0.2, 0) is 4.74 Å². The van der Waals surface area contributed by atoms with Crippen LogP contribution in [0.25, 0.3) is 22.6 Å². The summed E-state index contributed by atoms with van der Waals surface area (Å²) in [7, 11) is 0. The molecule has 1 aliphatic rings. The Labute approximate surface area is 187 Å². The second-order valence-corrected chi connectivity index (χ2v) is 7.78. The molecule has 0 atom stereocenters. The van der Waals surface area contributed by atoms with E-state index in [2.05, 4.69) is 15.1 Å². The van der Waals surface area contributed by atoms with Gasteiger partial charge < -0.3 is 23.6 Å². The van der Waals surface area contributed by atoms with Crippen LogP contribution in [0.15, 0.2) is 45.7 Å². The Morgan fingerprint density at radius 2 is 2.03 bits per heavy atom. The lowest BCUT2D eigenvalue weighted by molar-refractivity contribution is 0.0476. The van der Waals surface area contributed by atoms with E-state index in [0.717, 1.165) is 12.8 Å². The smallest absolute Gasteiger partial charge is 0.339 e. The maximum atomic E-state index is 12.9. The fourth-order valence-corrected chi connectivity index (χ4v) is 3.87. The Hall–Kier alpha value is -4.21. The van der Waals surface area contributed by atoms with Crippen molar-refractivity contribution in [2.45, 2.75) is 19.8 Å². The van der Waals surface area contributed by atoms with Gasteiger partial charge in [0.1, 0.15) is 11.4 Å². The van der Waals surface area contributed by atoms with Crippen molar-refractivity contribution in [2.24, 2.45) is 0 Å². The Morgan fingerprint density at radius 1 is 1.21 bits per heavy atom. The summed E-state index contributed by atoms with van der Waals surface area (Å²) in [5, 5.41) is 4.28. The number of carbonyl (C=O) groups is 3. The van der Waals surface area contributed by atoms with Crippen LogP contribution >= 0.6 is 0 Å². The highest BCUT2D eigenvalue weighted by Gasteiger charge is 2.24. The van der Waals surface area contributed by atoms with E-state index in [0.29, 0.717) is 41.3 Å². The summed E-state index contributed by atoms with van der Waals surface area (Å²) in [5.41, 5.74) is 1.77. The standard InChI is InChI=1S/C23H20N4O6/c1-13-20-15(10-16(19-5-4-8-31-19)25-21(20)33-26-13)23(30)32-12-18(28)14-9-17(24-11-14)22(29)27-6-2-3-7-27/h4-5,8-11,24H,2-3,6-7,12H2,1H3. The van der Waals surface area contributed by atoms with Crippen LogP contribution in [0.2, 0.25) is 0 Å². The first kappa shape index (κ1) is 20.7. The normalized spacial score (nSPS) is 13.5. The molecule has 0 saturated carbocycles. The molecule has 0 aliphatic carbocycles. The van der Waals surface area contributed by atoms with Crippen LogP contribution in [0.1, 0.15) is 49.7 Å². The van der Waals surface area contributed by atoms with Crippen LogP contribution in [0, 0.1) is 6.92 Å². The first-order valence-electron chi connectivity index (χ1n) is 10.5. The predicted molar refractivity (Wildman–Crippen MR) is 115 cm³/mol. The van der Waals surface area contributed by atoms with Gasteiger partial charge in [-0.15, -0.1) is 0 Å². The molecule has 1 fully saturated rings. The molecule has 1 saturated heterocycles. The van der Waals surface area contributed by atoms with Crippen molar-refractivity contribution < 1.29 is 28.1 Å². The molecule has 10 nitrogen and oxygen atoms in total. The molecular formula is C23H20N4O6. The van der Waals surface area contributed by atoms with Gasteiger partial charge in [0.05, 0.1) is 22.9 Å². The summed E-state index contributed by atoms with van der Waals surface area (Å²) in [6.45, 7) is 2.61. The maximum Gasteiger partial charge on any atom is 0.339 e. The summed E-state index contributed by atoms with van der Waals surface area (Å²) in [6, 6.07) is 6.40. The van der Waals surface area contributed by atoms with Gasteiger partial charge in [0.25, 0.3) is 11.6 Å². The summed E-state index contributed by atoms with van der Waals surface area (Å²) in [6.07, 6.45) is 4.89. The quantitative estimate of drug-likeness (QED) is 0.351. The maximum absolute atomic E-state index is 12.9. The second kappa shape index (κ2) is 8.38. The molecule has 4 aromatic heterocycles. The molecule has 1 N–H and O–H groups in total. The number of fused-ring (bicyclic) bond motifs is 1. The number of hydrogen-bond donors (Lipinski definition) is 1. The number of aryl methyl sites for hydroxylation is 1. The number of ketones is 1. The number of amides is 1. The van der Waals surface area contributed by atoms with Crippen molar-refractivity contribution in [1.82, 2.24) is 20.0 Å². The third kappa shape index (κ3) is 3.91. The zero-order chi connectivity index (χ0) is 22.9. The number of ether oxygens (including phenoxy) is 1. The van der Waals surface area contributed by atoms with Gasteiger partial charge in [-0.05, 0) is 44.0 Å². The van der Waals surface area contributed by atoms with E-state index in [1.54, 1.807) is 24.0 Å². The van der Waals surface area contributed by atoms with Crippen LogP contribution in [0.5, 0.6) is 0 Å². The largest absolute Gasteiger partial charge is 0.463 e. The fraction of sp³-hybridized carbons (Fsp3) is 0.261. The van der Waals surface area contributed by atoms with Gasteiger partial charge in [0, 0.05) is 24.8 Å². The number of furan rings is 1. The van der Waals surface area contributed by atoms with E-state index in [1.807, 2.05) is 0 Å². The zero-order valence-corrected chi connectivity index (χ0v) is 17.8. The minimum atomic E-state index is -0.723. The SMILES string of the molecule is Cc1noc2nc(-c3ccco3)cc(C(=O)OCC(=O)c3c[nH]c(C(=O)N4CCCC4)c3)c12. The lowest BCUT2D eigenvalue weighted by Crippen LogP contribution is -2.27. The van der Waals surface area contributed by atoms with E-state index in [4.69, 9.17) is 13.7 Å². The van der Waals surface area contributed by atoms with Gasteiger partial charge in [-0.1, -0.05) is 5.16 Å². The van der Waals surface area contributed by atoms with Crippen molar-refractivity contribution in [3.63, 3.8) is 0 Å². The van der Waals surface area contributed by atoms with E-state index in [1.165, 1.54) is 24.6 Å². The average molecular weight is 448 g/mol. The highest BCUT2D eigenvalue weighted by atomic mass is 16.5. The van der Waals surface area contributed by atoms with Crippen LogP contribution in [-0.4, -0.2) is 57.4 Å². The van der Waals surface area contributed by atoms with E-state index in [9.17, 15) is 14.4 Å². The van der Waals surface area contributed by atoms with Gasteiger partial charge in [0.2, 0.25) is 5.78 Å². The monoisotopic (exact) mass is 448 g/mol. The van der Waals surface area contributed by atoms with Crippen molar-refractivity contribution in [3.8, 4) is 11.5 Å². The molecule has 0 bridgehead atoms. The third-order valence-corrected chi connectivity index (χ3v) is 5.57. The number of aromatic nitrogens is 3. The summed E-state index contributed by atoms with van der Waals surface area (Å²) < 4.78 is 15.9. The van der Waals surface area contributed by atoms with E-state index in [-0.39, 0.29) is 22.7 Å². The number of pyridine rings is 1. The Kier molecular flexibility index (Phi) is 5.25. The Bertz CT molecular complexity index is 1340. The number of esters is 1. The molecule has 0 radical (unpaired) electrons. The second-order valence-electron chi connectivity index (χ2n) is 7.78. The van der Waals surface area contributed by atoms with Crippen molar-refractivity contribution >= 4 is 28.8 Å². The molecular weight excluding hydrogens is 428 g/mol. The van der Waals surface area contributed by atoms with Crippen molar-refractivity contribution in [1.29, 1.82) is 0 Å². The van der Waals surface area contributed by atoms with Crippen molar-refractivity contribution in [2.75, 3.05) is 19.7 Å². The van der Waals surface area contributed by atoms with Gasteiger partial charge in [-0.3, -0.25) is 9.59 Å². The first-order valence-corrected chi connectivity index (χ1v) is 10.5. The van der Waals surface area contributed by atoms with Crippen LogP contribution in [0.4, 0.5) is 0 Å². The van der Waals surface area contributed by atoms with E-state index < -0.39 is 18.4 Å². The number of nitrogens with zero attached hydrogens (tertiary/aromatic N) is 3. The molecule has 5 rings (SSSR count).